The number of carboxylic acids is 1. The first-order valence-corrected chi connectivity index (χ1v) is 14.2. The molecule has 0 aromatic heterocycles. The molecule has 0 unspecified atom stereocenters. The minimum Gasteiger partial charge on any atom is -0.497 e. The van der Waals surface area contributed by atoms with Crippen LogP contribution in [0.2, 0.25) is 5.02 Å². The highest BCUT2D eigenvalue weighted by atomic mass is 35.5. The van der Waals surface area contributed by atoms with E-state index in [0.29, 0.717) is 48.7 Å². The largest absolute Gasteiger partial charge is 0.497 e. The van der Waals surface area contributed by atoms with Crippen LogP contribution < -0.4 is 9.47 Å². The van der Waals surface area contributed by atoms with Gasteiger partial charge < -0.3 is 19.3 Å². The quantitative estimate of drug-likeness (QED) is 0.284. The Balaban J connectivity index is 1.28. The highest BCUT2D eigenvalue weighted by Gasteiger charge is 2.55. The highest BCUT2D eigenvalue weighted by Crippen LogP contribution is 2.56. The number of hydrogen-bond donors (Lipinski definition) is 1. The fraction of sp³-hybridized carbons (Fsp3) is 0.424. The molecule has 0 saturated heterocycles. The van der Waals surface area contributed by atoms with Crippen LogP contribution in [0.25, 0.3) is 0 Å². The van der Waals surface area contributed by atoms with Gasteiger partial charge in [0.2, 0.25) is 5.60 Å². The number of fused-ring (bicyclic) bond motifs is 2. The molecule has 2 aliphatic carbocycles. The molecule has 1 spiro atoms. The Morgan fingerprint density at radius 2 is 1.74 bits per heavy atom. The van der Waals surface area contributed by atoms with E-state index in [4.69, 9.17) is 25.8 Å². The van der Waals surface area contributed by atoms with E-state index in [-0.39, 0.29) is 5.41 Å². The summed E-state index contributed by atoms with van der Waals surface area (Å²) in [5, 5.41) is 10.8. The molecule has 3 aromatic rings. The first-order valence-electron chi connectivity index (χ1n) is 13.8. The fourth-order valence-electron chi connectivity index (χ4n) is 6.72. The number of methoxy groups -OCH3 is 1. The van der Waals surface area contributed by atoms with E-state index in [1.54, 1.807) is 31.4 Å². The van der Waals surface area contributed by atoms with Gasteiger partial charge >= 0.3 is 5.97 Å². The maximum absolute atomic E-state index is 12.6. The van der Waals surface area contributed by atoms with Gasteiger partial charge in [-0.3, -0.25) is 0 Å². The summed E-state index contributed by atoms with van der Waals surface area (Å²) in [4.78, 5) is 12.6. The van der Waals surface area contributed by atoms with Crippen molar-refractivity contribution in [2.24, 2.45) is 11.8 Å². The minimum absolute atomic E-state index is 0.0442. The van der Waals surface area contributed by atoms with E-state index in [1.165, 1.54) is 11.1 Å². The fourth-order valence-corrected chi connectivity index (χ4v) is 6.90. The number of benzene rings is 3. The second kappa shape index (κ2) is 11.6. The summed E-state index contributed by atoms with van der Waals surface area (Å²) < 4.78 is 17.5. The van der Waals surface area contributed by atoms with Gasteiger partial charge in [0.1, 0.15) is 11.5 Å². The molecule has 1 N–H and O–H groups in total. The number of halogens is 1. The van der Waals surface area contributed by atoms with Gasteiger partial charge in [-0.15, -0.1) is 0 Å². The van der Waals surface area contributed by atoms with Crippen molar-refractivity contribution < 1.29 is 24.1 Å². The van der Waals surface area contributed by atoms with Crippen LogP contribution in [-0.4, -0.2) is 30.4 Å². The Kier molecular flexibility index (Phi) is 8.20. The number of ether oxygens (including phenoxy) is 3. The zero-order chi connectivity index (χ0) is 27.5. The van der Waals surface area contributed by atoms with Gasteiger partial charge in [-0.25, -0.2) is 4.79 Å². The van der Waals surface area contributed by atoms with Crippen molar-refractivity contribution in [3.63, 3.8) is 0 Å². The third-order valence-corrected chi connectivity index (χ3v) is 9.00. The van der Waals surface area contributed by atoms with Crippen molar-refractivity contribution in [2.75, 3.05) is 13.7 Å². The molecule has 6 heteroatoms. The Hall–Kier alpha value is -3.02. The molecule has 1 saturated carbocycles. The summed E-state index contributed by atoms with van der Waals surface area (Å²) in [6, 6.07) is 23.7. The first-order chi connectivity index (χ1) is 18.8. The number of hydrogen-bond acceptors (Lipinski definition) is 4. The van der Waals surface area contributed by atoms with E-state index in [2.05, 4.69) is 31.2 Å². The van der Waals surface area contributed by atoms with Crippen LogP contribution in [0.5, 0.6) is 11.5 Å². The predicted octanol–water partition coefficient (Wildman–Crippen LogP) is 7.48. The molecule has 0 radical (unpaired) electrons. The molecule has 2 aliphatic rings. The van der Waals surface area contributed by atoms with Crippen LogP contribution in [0.1, 0.15) is 55.7 Å². The molecule has 1 fully saturated rings. The summed E-state index contributed by atoms with van der Waals surface area (Å²) >= 11 is 6.15. The second-order valence-electron chi connectivity index (χ2n) is 11.3. The molecular formula is C33H37ClO5. The molecule has 5 nitrogen and oxygen atoms in total. The summed E-state index contributed by atoms with van der Waals surface area (Å²) in [6.45, 7) is 3.52. The standard InChI is InChI=1S/C33H37ClO5/c1-23(21-38-22-24-10-12-28(37-2)13-11-24)18-26-19-25-6-3-4-9-30(25)32(26)14-16-33(17-15-32,31(35)36)39-29-8-5-7-27(34)20-29/h3-13,20,23,26H,14-19,21-22H2,1-2H3,(H,35,36)/t23-,26+,32?,33?/m1/s1. The predicted molar refractivity (Wildman–Crippen MR) is 153 cm³/mol. The van der Waals surface area contributed by atoms with Crippen LogP contribution in [0.15, 0.2) is 72.8 Å². The minimum atomic E-state index is -1.24. The third kappa shape index (κ3) is 5.80. The van der Waals surface area contributed by atoms with Gasteiger partial charge in [0, 0.05) is 11.6 Å². The van der Waals surface area contributed by atoms with Gasteiger partial charge in [0.15, 0.2) is 0 Å². The SMILES string of the molecule is COc1ccc(COC[C@H](C)C[C@H]2Cc3ccccc3C23CCC(Oc2cccc(Cl)c2)(C(=O)O)CC3)cc1. The van der Waals surface area contributed by atoms with Crippen molar-refractivity contribution in [1.82, 2.24) is 0 Å². The van der Waals surface area contributed by atoms with Crippen molar-refractivity contribution in [3.8, 4) is 11.5 Å². The topological polar surface area (TPSA) is 65.0 Å². The Labute approximate surface area is 236 Å². The summed E-state index contributed by atoms with van der Waals surface area (Å²) in [5.41, 5.74) is 2.63. The van der Waals surface area contributed by atoms with E-state index in [1.807, 2.05) is 24.3 Å². The third-order valence-electron chi connectivity index (χ3n) is 8.77. The monoisotopic (exact) mass is 548 g/mol. The number of carboxylic acid groups (broad SMARTS) is 1. The van der Waals surface area contributed by atoms with E-state index in [9.17, 15) is 9.90 Å². The molecule has 2 atom stereocenters. The van der Waals surface area contributed by atoms with Gasteiger partial charge in [0.25, 0.3) is 0 Å². The lowest BCUT2D eigenvalue weighted by Gasteiger charge is -2.46. The average molecular weight is 549 g/mol. The number of carbonyl (C=O) groups is 1. The summed E-state index contributed by atoms with van der Waals surface area (Å²) in [7, 11) is 1.67. The summed E-state index contributed by atoms with van der Waals surface area (Å²) in [5.74, 6) is 1.27. The Morgan fingerprint density at radius 1 is 1.00 bits per heavy atom. The molecule has 0 bridgehead atoms. The van der Waals surface area contributed by atoms with Crippen molar-refractivity contribution in [3.05, 3.63) is 94.5 Å². The normalized spacial score (nSPS) is 24.7. The van der Waals surface area contributed by atoms with Gasteiger partial charge in [-0.1, -0.05) is 61.0 Å². The van der Waals surface area contributed by atoms with Gasteiger partial charge in [-0.05, 0) is 103 Å². The van der Waals surface area contributed by atoms with Gasteiger partial charge in [0.05, 0.1) is 13.7 Å². The van der Waals surface area contributed by atoms with Crippen LogP contribution in [0.3, 0.4) is 0 Å². The van der Waals surface area contributed by atoms with Crippen molar-refractivity contribution >= 4 is 17.6 Å². The molecule has 206 valence electrons. The zero-order valence-electron chi connectivity index (χ0n) is 22.7. The van der Waals surface area contributed by atoms with Crippen LogP contribution >= 0.6 is 11.6 Å². The van der Waals surface area contributed by atoms with Crippen molar-refractivity contribution in [2.45, 2.75) is 63.1 Å². The molecule has 0 heterocycles. The summed E-state index contributed by atoms with van der Waals surface area (Å²) in [6.07, 6.45) is 4.53. The molecule has 0 amide bonds. The molecule has 0 aliphatic heterocycles. The van der Waals surface area contributed by atoms with E-state index >= 15 is 0 Å². The molecular weight excluding hydrogens is 512 g/mol. The van der Waals surface area contributed by atoms with Crippen LogP contribution in [0, 0.1) is 11.8 Å². The highest BCUT2D eigenvalue weighted by molar-refractivity contribution is 6.30. The zero-order valence-corrected chi connectivity index (χ0v) is 23.5. The van der Waals surface area contributed by atoms with Crippen LogP contribution in [0.4, 0.5) is 0 Å². The second-order valence-corrected chi connectivity index (χ2v) is 11.7. The Bertz CT molecular complexity index is 1280. The maximum Gasteiger partial charge on any atom is 0.348 e. The lowest BCUT2D eigenvalue weighted by Crippen LogP contribution is -2.52. The lowest BCUT2D eigenvalue weighted by molar-refractivity contribution is -0.160. The Morgan fingerprint density at radius 3 is 2.44 bits per heavy atom. The van der Waals surface area contributed by atoms with E-state index in [0.717, 1.165) is 37.0 Å². The lowest BCUT2D eigenvalue weighted by atomic mass is 9.60. The molecule has 5 rings (SSSR count). The number of aliphatic carboxylic acids is 1. The van der Waals surface area contributed by atoms with E-state index < -0.39 is 11.6 Å². The van der Waals surface area contributed by atoms with Crippen molar-refractivity contribution in [1.29, 1.82) is 0 Å². The number of rotatable bonds is 10. The smallest absolute Gasteiger partial charge is 0.348 e. The maximum atomic E-state index is 12.6. The molecule has 39 heavy (non-hydrogen) atoms. The molecule has 3 aromatic carbocycles. The van der Waals surface area contributed by atoms with Crippen LogP contribution in [-0.2, 0) is 28.0 Å². The van der Waals surface area contributed by atoms with Gasteiger partial charge in [-0.2, -0.15) is 0 Å². The first kappa shape index (κ1) is 27.5. The average Bonchev–Trinajstić information content (AvgIpc) is 3.22.